The standard InChI is InChI=1S/C2H6N4S/c1-3-2-4-6-7-5-2/h6H,1H3,(H2,3,4,5). The van der Waals surface area contributed by atoms with E-state index in [2.05, 4.69) is 20.0 Å². The SMILES string of the molecule is CN=C1NNSN1. The Bertz CT molecular complexity index is 81.7. The molecule has 0 spiro atoms. The second kappa shape index (κ2) is 2.04. The molecule has 0 amide bonds. The van der Waals surface area contributed by atoms with Crippen LogP contribution in [-0.4, -0.2) is 13.0 Å². The summed E-state index contributed by atoms with van der Waals surface area (Å²) in [5.74, 6) is 0.769. The first-order chi connectivity index (χ1) is 3.43. The van der Waals surface area contributed by atoms with E-state index in [9.17, 15) is 0 Å². The second-order valence-corrected chi connectivity index (χ2v) is 1.62. The molecule has 0 aromatic heterocycles. The Balaban J connectivity index is 2.41. The van der Waals surface area contributed by atoms with Crippen LogP contribution in [0.15, 0.2) is 4.99 Å². The van der Waals surface area contributed by atoms with Gasteiger partial charge >= 0.3 is 0 Å². The van der Waals surface area contributed by atoms with Crippen LogP contribution in [0.5, 0.6) is 0 Å². The molecule has 0 radical (unpaired) electrons. The molecule has 1 aliphatic rings. The Hall–Kier alpha value is -0.420. The smallest absolute Gasteiger partial charge is 0.217 e. The minimum atomic E-state index is 0.769. The summed E-state index contributed by atoms with van der Waals surface area (Å²) in [5, 5.41) is 0. The fourth-order valence-corrected chi connectivity index (χ4v) is 0.712. The summed E-state index contributed by atoms with van der Waals surface area (Å²) < 4.78 is 2.85. The van der Waals surface area contributed by atoms with Gasteiger partial charge in [0.1, 0.15) is 0 Å². The molecule has 1 saturated heterocycles. The van der Waals surface area contributed by atoms with Gasteiger partial charge in [0, 0.05) is 7.05 Å². The molecule has 40 valence electrons. The number of guanidine groups is 1. The van der Waals surface area contributed by atoms with E-state index in [1.54, 1.807) is 7.05 Å². The van der Waals surface area contributed by atoms with Crippen molar-refractivity contribution in [2.75, 3.05) is 7.05 Å². The highest BCUT2D eigenvalue weighted by atomic mass is 32.2. The van der Waals surface area contributed by atoms with Crippen LogP contribution in [0.2, 0.25) is 0 Å². The molecule has 4 nitrogen and oxygen atoms in total. The number of hydrogen-bond donors (Lipinski definition) is 3. The number of nitrogens with one attached hydrogen (secondary N) is 3. The Morgan fingerprint density at radius 3 is 2.86 bits per heavy atom. The Kier molecular flexibility index (Phi) is 1.38. The second-order valence-electron chi connectivity index (χ2n) is 1.00. The van der Waals surface area contributed by atoms with Crippen molar-refractivity contribution in [1.29, 1.82) is 0 Å². The molecule has 1 heterocycles. The normalized spacial score (nSPS) is 24.4. The molecule has 0 aromatic carbocycles. The molecular weight excluding hydrogens is 112 g/mol. The van der Waals surface area contributed by atoms with Crippen molar-refractivity contribution in [2.24, 2.45) is 4.99 Å². The molecule has 1 aliphatic heterocycles. The molecular formula is C2H6N4S. The number of hydrogen-bond acceptors (Lipinski definition) is 3. The molecule has 0 saturated carbocycles. The van der Waals surface area contributed by atoms with Gasteiger partial charge in [-0.05, 0) is 0 Å². The lowest BCUT2D eigenvalue weighted by Crippen LogP contribution is -2.27. The number of rotatable bonds is 0. The largest absolute Gasteiger partial charge is 0.285 e. The molecule has 0 atom stereocenters. The van der Waals surface area contributed by atoms with Crippen LogP contribution in [0, 0.1) is 0 Å². The van der Waals surface area contributed by atoms with Crippen LogP contribution >= 0.6 is 12.1 Å². The maximum absolute atomic E-state index is 3.80. The van der Waals surface area contributed by atoms with Gasteiger partial charge in [-0.25, -0.2) is 0 Å². The predicted molar refractivity (Wildman–Crippen MR) is 30.4 cm³/mol. The molecule has 5 heteroatoms. The van der Waals surface area contributed by atoms with Gasteiger partial charge in [0.2, 0.25) is 5.96 Å². The first-order valence-electron chi connectivity index (χ1n) is 1.83. The van der Waals surface area contributed by atoms with Crippen molar-refractivity contribution in [3.63, 3.8) is 0 Å². The third-order valence-electron chi connectivity index (χ3n) is 0.592. The monoisotopic (exact) mass is 118 g/mol. The molecule has 7 heavy (non-hydrogen) atoms. The van der Waals surface area contributed by atoms with Crippen molar-refractivity contribution in [3.8, 4) is 0 Å². The lowest BCUT2D eigenvalue weighted by Gasteiger charge is -1.87. The molecule has 0 aromatic rings. The van der Waals surface area contributed by atoms with Gasteiger partial charge in [0.05, 0.1) is 12.1 Å². The molecule has 1 fully saturated rings. The highest BCUT2D eigenvalue weighted by Crippen LogP contribution is 1.87. The first-order valence-corrected chi connectivity index (χ1v) is 2.65. The zero-order chi connectivity index (χ0) is 5.11. The van der Waals surface area contributed by atoms with E-state index in [1.165, 1.54) is 12.1 Å². The number of aliphatic imine (C=N–C) groups is 1. The first kappa shape index (κ1) is 4.73. The minimum Gasteiger partial charge on any atom is -0.285 e. The average Bonchev–Trinajstić information content (AvgIpc) is 2.14. The fraction of sp³-hybridized carbons (Fsp3) is 0.500. The molecule has 1 rings (SSSR count). The maximum atomic E-state index is 3.80. The van der Waals surface area contributed by atoms with E-state index >= 15 is 0 Å². The molecule has 3 N–H and O–H groups in total. The van der Waals surface area contributed by atoms with Crippen molar-refractivity contribution >= 4 is 18.1 Å². The highest BCUT2D eigenvalue weighted by molar-refractivity contribution is 7.96. The summed E-state index contributed by atoms with van der Waals surface area (Å²) in [6, 6.07) is 0. The van der Waals surface area contributed by atoms with Crippen molar-refractivity contribution in [1.82, 2.24) is 15.0 Å². The fourth-order valence-electron chi connectivity index (χ4n) is 0.275. The van der Waals surface area contributed by atoms with Gasteiger partial charge in [-0.3, -0.25) is 15.1 Å². The lowest BCUT2D eigenvalue weighted by atomic mass is 11.0. The van der Waals surface area contributed by atoms with E-state index in [-0.39, 0.29) is 0 Å². The van der Waals surface area contributed by atoms with Crippen LogP contribution < -0.4 is 15.0 Å². The van der Waals surface area contributed by atoms with Crippen LogP contribution in [0.3, 0.4) is 0 Å². The van der Waals surface area contributed by atoms with Crippen molar-refractivity contribution in [3.05, 3.63) is 0 Å². The highest BCUT2D eigenvalue weighted by Gasteiger charge is 2.01. The molecule has 0 unspecified atom stereocenters. The van der Waals surface area contributed by atoms with E-state index in [1.807, 2.05) is 0 Å². The average molecular weight is 118 g/mol. The van der Waals surface area contributed by atoms with E-state index in [0.717, 1.165) is 5.96 Å². The predicted octanol–water partition coefficient (Wildman–Crippen LogP) is -0.767. The van der Waals surface area contributed by atoms with Gasteiger partial charge < -0.3 is 0 Å². The molecule has 0 bridgehead atoms. The summed E-state index contributed by atoms with van der Waals surface area (Å²) >= 11 is 1.36. The van der Waals surface area contributed by atoms with Gasteiger partial charge in [-0.1, -0.05) is 0 Å². The quantitative estimate of drug-likeness (QED) is 0.366. The van der Waals surface area contributed by atoms with Crippen molar-refractivity contribution in [2.45, 2.75) is 0 Å². The van der Waals surface area contributed by atoms with Gasteiger partial charge in [-0.2, -0.15) is 4.83 Å². The summed E-state index contributed by atoms with van der Waals surface area (Å²) in [6.07, 6.45) is 0. The van der Waals surface area contributed by atoms with Gasteiger partial charge in [0.15, 0.2) is 0 Å². The third kappa shape index (κ3) is 0.971. The Morgan fingerprint density at radius 2 is 2.57 bits per heavy atom. The van der Waals surface area contributed by atoms with Crippen LogP contribution in [-0.2, 0) is 0 Å². The summed E-state index contributed by atoms with van der Waals surface area (Å²) in [7, 11) is 1.71. The van der Waals surface area contributed by atoms with Crippen LogP contribution in [0.4, 0.5) is 0 Å². The van der Waals surface area contributed by atoms with Gasteiger partial charge in [-0.15, -0.1) is 0 Å². The number of hydrazine groups is 1. The zero-order valence-electron chi connectivity index (χ0n) is 3.86. The minimum absolute atomic E-state index is 0.769. The number of nitrogens with zero attached hydrogens (tertiary/aromatic N) is 1. The third-order valence-corrected chi connectivity index (χ3v) is 1.09. The van der Waals surface area contributed by atoms with Crippen LogP contribution in [0.25, 0.3) is 0 Å². The van der Waals surface area contributed by atoms with Crippen molar-refractivity contribution < 1.29 is 0 Å². The lowest BCUT2D eigenvalue weighted by molar-refractivity contribution is 0.940. The zero-order valence-corrected chi connectivity index (χ0v) is 4.67. The maximum Gasteiger partial charge on any atom is 0.217 e. The summed E-state index contributed by atoms with van der Waals surface area (Å²) in [6.45, 7) is 0. The Labute approximate surface area is 46.0 Å². The summed E-state index contributed by atoms with van der Waals surface area (Å²) in [4.78, 5) is 6.55. The van der Waals surface area contributed by atoms with E-state index in [4.69, 9.17) is 0 Å². The topological polar surface area (TPSA) is 48.5 Å². The van der Waals surface area contributed by atoms with Crippen LogP contribution in [0.1, 0.15) is 0 Å². The summed E-state index contributed by atoms with van der Waals surface area (Å²) in [5.41, 5.74) is 2.76. The molecule has 0 aliphatic carbocycles. The van der Waals surface area contributed by atoms with Gasteiger partial charge in [0.25, 0.3) is 0 Å². The Morgan fingerprint density at radius 1 is 1.71 bits per heavy atom. The van der Waals surface area contributed by atoms with E-state index in [0.29, 0.717) is 0 Å². The van der Waals surface area contributed by atoms with E-state index < -0.39 is 0 Å².